The molecule has 0 bridgehead atoms. The minimum atomic E-state index is -0.712. The second kappa shape index (κ2) is 7.40. The molecule has 2 aromatic carbocycles. The van der Waals surface area contributed by atoms with Gasteiger partial charge in [-0.15, -0.1) is 0 Å². The van der Waals surface area contributed by atoms with Crippen molar-refractivity contribution in [1.82, 2.24) is 0 Å². The number of carbonyl (C=O) groups is 1. The van der Waals surface area contributed by atoms with Gasteiger partial charge >= 0.3 is 0 Å². The molecule has 0 spiro atoms. The molecule has 4 nitrogen and oxygen atoms in total. The number of ether oxygens (including phenoxy) is 2. The molecule has 0 radical (unpaired) electrons. The summed E-state index contributed by atoms with van der Waals surface area (Å²) in [5, 5.41) is 2.28. The molecule has 1 amide bonds. The summed E-state index contributed by atoms with van der Waals surface area (Å²) < 4.78 is 36.7. The maximum absolute atomic E-state index is 13.5. The Kier molecular flexibility index (Phi) is 5.30. The Morgan fingerprint density at radius 1 is 1.04 bits per heavy atom. The molecule has 0 aromatic heterocycles. The van der Waals surface area contributed by atoms with Crippen molar-refractivity contribution in [3.05, 3.63) is 59.7 Å². The van der Waals surface area contributed by atoms with E-state index in [4.69, 9.17) is 9.47 Å². The van der Waals surface area contributed by atoms with Crippen LogP contribution in [0.15, 0.2) is 42.5 Å². The molecule has 0 saturated carbocycles. The van der Waals surface area contributed by atoms with Crippen LogP contribution in [0.3, 0.4) is 0 Å². The molecule has 120 valence electrons. The molecule has 0 aliphatic heterocycles. The fourth-order valence-electron chi connectivity index (χ4n) is 1.87. The van der Waals surface area contributed by atoms with Crippen LogP contribution < -0.4 is 14.8 Å². The normalized spacial score (nSPS) is 10.6. The Hall–Kier alpha value is -2.89. The van der Waals surface area contributed by atoms with Gasteiger partial charge in [-0.1, -0.05) is 0 Å². The molecule has 0 aliphatic carbocycles. The number of anilines is 1. The highest BCUT2D eigenvalue weighted by Gasteiger charge is 2.06. The Labute approximate surface area is 132 Å². The molecular weight excluding hydrogens is 304 g/mol. The number of hydrogen-bond acceptors (Lipinski definition) is 3. The van der Waals surface area contributed by atoms with Crippen LogP contribution in [0.5, 0.6) is 11.5 Å². The highest BCUT2D eigenvalue weighted by molar-refractivity contribution is 6.02. The van der Waals surface area contributed by atoms with Crippen LogP contribution >= 0.6 is 0 Å². The Bertz CT molecular complexity index is 722. The van der Waals surface area contributed by atoms with Gasteiger partial charge in [0.2, 0.25) is 5.91 Å². The van der Waals surface area contributed by atoms with Gasteiger partial charge in [-0.25, -0.2) is 8.78 Å². The average Bonchev–Trinajstić information content (AvgIpc) is 2.56. The SMILES string of the molecule is COc1cc(C=CC(=O)Nc2cc(F)ccc2F)cc(OC)c1. The van der Waals surface area contributed by atoms with E-state index >= 15 is 0 Å². The van der Waals surface area contributed by atoms with Crippen LogP contribution in [-0.4, -0.2) is 20.1 Å². The minimum absolute atomic E-state index is 0.220. The summed E-state index contributed by atoms with van der Waals surface area (Å²) in [6.07, 6.45) is 2.72. The van der Waals surface area contributed by atoms with Crippen LogP contribution in [-0.2, 0) is 4.79 Å². The Balaban J connectivity index is 2.13. The quantitative estimate of drug-likeness (QED) is 0.856. The first kappa shape index (κ1) is 16.5. The minimum Gasteiger partial charge on any atom is -0.497 e. The standard InChI is InChI=1S/C17H15F2NO3/c1-22-13-7-11(8-14(10-13)23-2)3-6-17(21)20-16-9-12(18)4-5-15(16)19/h3-10H,1-2H3,(H,20,21). The van der Waals surface area contributed by atoms with Crippen molar-refractivity contribution in [3.8, 4) is 11.5 Å². The lowest BCUT2D eigenvalue weighted by Crippen LogP contribution is -2.09. The predicted octanol–water partition coefficient (Wildman–Crippen LogP) is 3.63. The number of rotatable bonds is 5. The fourth-order valence-corrected chi connectivity index (χ4v) is 1.87. The molecule has 2 rings (SSSR count). The molecular formula is C17H15F2NO3. The highest BCUT2D eigenvalue weighted by atomic mass is 19.1. The maximum Gasteiger partial charge on any atom is 0.248 e. The zero-order valence-electron chi connectivity index (χ0n) is 12.6. The van der Waals surface area contributed by atoms with Gasteiger partial charge in [-0.05, 0) is 35.9 Å². The van der Waals surface area contributed by atoms with E-state index in [2.05, 4.69) is 5.32 Å². The summed E-state index contributed by atoms with van der Waals surface area (Å²) in [5.41, 5.74) is 0.443. The first-order valence-electron chi connectivity index (χ1n) is 6.69. The molecule has 2 aromatic rings. The molecule has 0 aliphatic rings. The van der Waals surface area contributed by atoms with E-state index in [0.29, 0.717) is 17.1 Å². The molecule has 23 heavy (non-hydrogen) atoms. The third kappa shape index (κ3) is 4.54. The molecule has 6 heteroatoms. The first-order valence-corrected chi connectivity index (χ1v) is 6.69. The van der Waals surface area contributed by atoms with Crippen molar-refractivity contribution in [2.45, 2.75) is 0 Å². The largest absolute Gasteiger partial charge is 0.497 e. The number of halogens is 2. The van der Waals surface area contributed by atoms with Crippen molar-refractivity contribution < 1.29 is 23.0 Å². The summed E-state index contributed by atoms with van der Waals surface area (Å²) in [6.45, 7) is 0. The van der Waals surface area contributed by atoms with Gasteiger partial charge < -0.3 is 14.8 Å². The van der Waals surface area contributed by atoms with Crippen molar-refractivity contribution in [2.24, 2.45) is 0 Å². The van der Waals surface area contributed by atoms with Gasteiger partial charge in [0.25, 0.3) is 0 Å². The van der Waals surface area contributed by atoms with Gasteiger partial charge in [-0.2, -0.15) is 0 Å². The lowest BCUT2D eigenvalue weighted by Gasteiger charge is -2.06. The summed E-state index contributed by atoms with van der Waals surface area (Å²) >= 11 is 0. The summed E-state index contributed by atoms with van der Waals surface area (Å²) in [5.74, 6) is -0.795. The number of benzene rings is 2. The van der Waals surface area contributed by atoms with E-state index in [9.17, 15) is 13.6 Å². The molecule has 0 heterocycles. The predicted molar refractivity (Wildman–Crippen MR) is 83.6 cm³/mol. The number of carbonyl (C=O) groups excluding carboxylic acids is 1. The highest BCUT2D eigenvalue weighted by Crippen LogP contribution is 2.23. The Morgan fingerprint density at radius 3 is 2.30 bits per heavy atom. The van der Waals surface area contributed by atoms with Gasteiger partial charge in [-0.3, -0.25) is 4.79 Å². The van der Waals surface area contributed by atoms with Crippen LogP contribution in [0.25, 0.3) is 6.08 Å². The average molecular weight is 319 g/mol. The summed E-state index contributed by atoms with van der Waals surface area (Å²) in [7, 11) is 3.03. The van der Waals surface area contributed by atoms with Crippen molar-refractivity contribution in [2.75, 3.05) is 19.5 Å². The van der Waals surface area contributed by atoms with E-state index in [-0.39, 0.29) is 5.69 Å². The molecule has 1 N–H and O–H groups in total. The van der Waals surface area contributed by atoms with Crippen molar-refractivity contribution >= 4 is 17.7 Å². The summed E-state index contributed by atoms with van der Waals surface area (Å²) in [6, 6.07) is 7.93. The lowest BCUT2D eigenvalue weighted by molar-refractivity contribution is -0.111. The molecule has 0 atom stereocenters. The number of hydrogen-bond donors (Lipinski definition) is 1. The van der Waals surface area contributed by atoms with Gasteiger partial charge in [0.15, 0.2) is 0 Å². The van der Waals surface area contributed by atoms with Crippen molar-refractivity contribution in [3.63, 3.8) is 0 Å². The smallest absolute Gasteiger partial charge is 0.248 e. The van der Waals surface area contributed by atoms with E-state index < -0.39 is 17.5 Å². The molecule has 0 fully saturated rings. The van der Waals surface area contributed by atoms with Crippen LogP contribution in [0, 0.1) is 11.6 Å². The van der Waals surface area contributed by atoms with E-state index in [1.807, 2.05) is 0 Å². The number of methoxy groups -OCH3 is 2. The van der Waals surface area contributed by atoms with Crippen LogP contribution in [0.4, 0.5) is 14.5 Å². The van der Waals surface area contributed by atoms with Crippen LogP contribution in [0.1, 0.15) is 5.56 Å². The third-order valence-corrected chi connectivity index (χ3v) is 2.99. The van der Waals surface area contributed by atoms with E-state index in [0.717, 1.165) is 18.2 Å². The molecule has 0 saturated heterocycles. The van der Waals surface area contributed by atoms with Gasteiger partial charge in [0, 0.05) is 18.2 Å². The lowest BCUT2D eigenvalue weighted by atomic mass is 10.2. The fraction of sp³-hybridized carbons (Fsp3) is 0.118. The number of amides is 1. The number of nitrogens with one attached hydrogen (secondary N) is 1. The summed E-state index contributed by atoms with van der Waals surface area (Å²) in [4.78, 5) is 11.8. The van der Waals surface area contributed by atoms with E-state index in [1.165, 1.54) is 26.4 Å². The first-order chi connectivity index (χ1) is 11.0. The second-order valence-electron chi connectivity index (χ2n) is 4.59. The van der Waals surface area contributed by atoms with Gasteiger partial charge in [0.05, 0.1) is 19.9 Å². The second-order valence-corrected chi connectivity index (χ2v) is 4.59. The van der Waals surface area contributed by atoms with Crippen LogP contribution in [0.2, 0.25) is 0 Å². The topological polar surface area (TPSA) is 47.6 Å². The third-order valence-electron chi connectivity index (χ3n) is 2.99. The molecule has 0 unspecified atom stereocenters. The Morgan fingerprint density at radius 2 is 1.70 bits per heavy atom. The zero-order valence-corrected chi connectivity index (χ0v) is 12.6. The van der Waals surface area contributed by atoms with E-state index in [1.54, 1.807) is 18.2 Å². The monoisotopic (exact) mass is 319 g/mol. The van der Waals surface area contributed by atoms with Crippen molar-refractivity contribution in [1.29, 1.82) is 0 Å². The maximum atomic E-state index is 13.5. The zero-order chi connectivity index (χ0) is 16.8. The van der Waals surface area contributed by atoms with Gasteiger partial charge in [0.1, 0.15) is 23.1 Å².